The van der Waals surface area contributed by atoms with Crippen LogP contribution >= 0.6 is 0 Å². The van der Waals surface area contributed by atoms with Gasteiger partial charge in [0.2, 0.25) is 0 Å². The van der Waals surface area contributed by atoms with Gasteiger partial charge in [-0.15, -0.1) is 0 Å². The monoisotopic (exact) mass is 340 g/mol. The zero-order valence-electron chi connectivity index (χ0n) is 15.1. The molecule has 0 bridgehead atoms. The summed E-state index contributed by atoms with van der Waals surface area (Å²) in [6.45, 7) is 7.61. The average molecular weight is 340 g/mol. The minimum Gasteiger partial charge on any atom is -0.491 e. The standard InChI is InChI=1S/C22H28O3/c1-16-5-3-8-21(19-7-4-6-18(14-19)15-23)17(2)13-22(16)25-12-11-24-20-9-10-20/h4,6-7,13-14,20,23H,1,3,5,8-12,15H2,2H3/b21-17+,22-13+. The van der Waals surface area contributed by atoms with Crippen molar-refractivity contribution in [1.29, 1.82) is 0 Å². The Labute approximate surface area is 150 Å². The van der Waals surface area contributed by atoms with E-state index in [0.717, 1.165) is 36.2 Å². The molecule has 2 aliphatic rings. The van der Waals surface area contributed by atoms with Gasteiger partial charge in [-0.25, -0.2) is 0 Å². The molecule has 0 unspecified atom stereocenters. The van der Waals surface area contributed by atoms with Crippen LogP contribution in [-0.4, -0.2) is 24.4 Å². The van der Waals surface area contributed by atoms with Crippen LogP contribution in [0.2, 0.25) is 0 Å². The highest BCUT2D eigenvalue weighted by Crippen LogP contribution is 2.32. The van der Waals surface area contributed by atoms with Crippen molar-refractivity contribution in [3.8, 4) is 0 Å². The van der Waals surface area contributed by atoms with E-state index in [2.05, 4.69) is 31.7 Å². The van der Waals surface area contributed by atoms with Crippen LogP contribution in [0.15, 0.2) is 53.8 Å². The molecule has 0 radical (unpaired) electrons. The molecule has 0 aliphatic heterocycles. The number of allylic oxidation sites excluding steroid dienone is 4. The number of ether oxygens (including phenoxy) is 2. The number of hydrogen-bond donors (Lipinski definition) is 1. The predicted molar refractivity (Wildman–Crippen MR) is 101 cm³/mol. The molecule has 134 valence electrons. The van der Waals surface area contributed by atoms with E-state index in [9.17, 15) is 5.11 Å². The Balaban J connectivity index is 1.76. The van der Waals surface area contributed by atoms with E-state index in [1.807, 2.05) is 12.1 Å². The third-order valence-electron chi connectivity index (χ3n) is 4.75. The number of aliphatic hydroxyl groups is 1. The molecule has 0 aromatic heterocycles. The number of hydrogen-bond acceptors (Lipinski definition) is 3. The summed E-state index contributed by atoms with van der Waals surface area (Å²) in [4.78, 5) is 0. The van der Waals surface area contributed by atoms with E-state index >= 15 is 0 Å². The van der Waals surface area contributed by atoms with Gasteiger partial charge in [0, 0.05) is 0 Å². The van der Waals surface area contributed by atoms with Crippen molar-refractivity contribution in [2.75, 3.05) is 13.2 Å². The average Bonchev–Trinajstić information content (AvgIpc) is 3.44. The number of rotatable bonds is 7. The van der Waals surface area contributed by atoms with Crippen molar-refractivity contribution in [3.63, 3.8) is 0 Å². The molecule has 0 amide bonds. The number of benzene rings is 1. The van der Waals surface area contributed by atoms with Gasteiger partial charge in [0.05, 0.1) is 19.3 Å². The van der Waals surface area contributed by atoms with E-state index < -0.39 is 0 Å². The molecular formula is C22H28O3. The zero-order valence-corrected chi connectivity index (χ0v) is 15.1. The molecule has 0 heterocycles. The molecule has 0 atom stereocenters. The summed E-state index contributed by atoms with van der Waals surface area (Å²) in [5.74, 6) is 0.882. The fraction of sp³-hybridized carbons (Fsp3) is 0.455. The van der Waals surface area contributed by atoms with Crippen molar-refractivity contribution in [2.45, 2.75) is 51.7 Å². The quantitative estimate of drug-likeness (QED) is 0.727. The van der Waals surface area contributed by atoms with Crippen LogP contribution in [-0.2, 0) is 16.1 Å². The maximum atomic E-state index is 9.40. The van der Waals surface area contributed by atoms with Crippen LogP contribution in [0.5, 0.6) is 0 Å². The molecule has 1 saturated carbocycles. The smallest absolute Gasteiger partial charge is 0.122 e. The normalized spacial score (nSPS) is 23.6. The Morgan fingerprint density at radius 2 is 2.04 bits per heavy atom. The Kier molecular flexibility index (Phi) is 6.11. The van der Waals surface area contributed by atoms with Crippen LogP contribution in [0.25, 0.3) is 5.57 Å². The lowest BCUT2D eigenvalue weighted by molar-refractivity contribution is 0.0673. The van der Waals surface area contributed by atoms with Gasteiger partial charge in [-0.3, -0.25) is 0 Å². The highest BCUT2D eigenvalue weighted by Gasteiger charge is 2.21. The summed E-state index contributed by atoms with van der Waals surface area (Å²) in [6, 6.07) is 8.16. The van der Waals surface area contributed by atoms with Gasteiger partial charge >= 0.3 is 0 Å². The molecule has 1 aromatic rings. The highest BCUT2D eigenvalue weighted by atomic mass is 16.5. The summed E-state index contributed by atoms with van der Waals surface area (Å²) in [5.41, 5.74) is 5.72. The summed E-state index contributed by atoms with van der Waals surface area (Å²) in [7, 11) is 0. The zero-order chi connectivity index (χ0) is 17.6. The van der Waals surface area contributed by atoms with E-state index in [1.54, 1.807) is 0 Å². The van der Waals surface area contributed by atoms with Gasteiger partial charge in [0.1, 0.15) is 12.4 Å². The van der Waals surface area contributed by atoms with E-state index in [1.165, 1.54) is 29.6 Å². The molecule has 3 rings (SSSR count). The van der Waals surface area contributed by atoms with Crippen molar-refractivity contribution >= 4 is 5.57 Å². The fourth-order valence-corrected chi connectivity index (χ4v) is 3.16. The van der Waals surface area contributed by atoms with Crippen molar-refractivity contribution in [2.24, 2.45) is 0 Å². The van der Waals surface area contributed by atoms with Gasteiger partial charge in [0.25, 0.3) is 0 Å². The maximum absolute atomic E-state index is 9.40. The van der Waals surface area contributed by atoms with Crippen LogP contribution in [0, 0.1) is 0 Å². The lowest BCUT2D eigenvalue weighted by Gasteiger charge is -2.19. The lowest BCUT2D eigenvalue weighted by Crippen LogP contribution is -2.07. The van der Waals surface area contributed by atoms with Crippen molar-refractivity contribution < 1.29 is 14.6 Å². The van der Waals surface area contributed by atoms with E-state index in [4.69, 9.17) is 9.47 Å². The molecule has 0 spiro atoms. The van der Waals surface area contributed by atoms with Gasteiger partial charge in [-0.2, -0.15) is 0 Å². The van der Waals surface area contributed by atoms with Gasteiger partial charge in [0.15, 0.2) is 0 Å². The Morgan fingerprint density at radius 1 is 1.20 bits per heavy atom. The van der Waals surface area contributed by atoms with Crippen LogP contribution in [0.4, 0.5) is 0 Å². The molecule has 25 heavy (non-hydrogen) atoms. The molecule has 1 fully saturated rings. The number of aliphatic hydroxyl groups excluding tert-OH is 1. The third kappa shape index (κ3) is 5.07. The fourth-order valence-electron chi connectivity index (χ4n) is 3.16. The molecule has 3 heteroatoms. The molecule has 1 aromatic carbocycles. The Bertz CT molecular complexity index is 680. The molecule has 2 aliphatic carbocycles. The second-order valence-electron chi connectivity index (χ2n) is 6.90. The maximum Gasteiger partial charge on any atom is 0.122 e. The third-order valence-corrected chi connectivity index (χ3v) is 4.75. The highest BCUT2D eigenvalue weighted by molar-refractivity contribution is 5.71. The van der Waals surface area contributed by atoms with E-state index in [0.29, 0.717) is 19.3 Å². The summed E-state index contributed by atoms with van der Waals surface area (Å²) in [5, 5.41) is 9.40. The topological polar surface area (TPSA) is 38.7 Å². The lowest BCUT2D eigenvalue weighted by atomic mass is 9.90. The summed E-state index contributed by atoms with van der Waals surface area (Å²) in [6.07, 6.45) is 7.94. The van der Waals surface area contributed by atoms with Gasteiger partial charge in [-0.1, -0.05) is 24.8 Å². The first kappa shape index (κ1) is 18.0. The second kappa shape index (κ2) is 8.50. The Morgan fingerprint density at radius 3 is 2.80 bits per heavy atom. The van der Waals surface area contributed by atoms with Crippen molar-refractivity contribution in [1.82, 2.24) is 0 Å². The molecule has 0 saturated heterocycles. The minimum atomic E-state index is 0.0716. The Hall–Kier alpha value is -1.84. The first-order valence-electron chi connectivity index (χ1n) is 9.21. The van der Waals surface area contributed by atoms with E-state index in [-0.39, 0.29) is 6.61 Å². The molecule has 1 N–H and O–H groups in total. The van der Waals surface area contributed by atoms with Crippen molar-refractivity contribution in [3.05, 3.63) is 65.0 Å². The SMILES string of the molecule is C=C1CCC/C(c2cccc(CO)c2)=C(C)\C=C/1OCCOC1CC1. The first-order valence-corrected chi connectivity index (χ1v) is 9.21. The first-order chi connectivity index (χ1) is 12.2. The summed E-state index contributed by atoms with van der Waals surface area (Å²) < 4.78 is 11.6. The summed E-state index contributed by atoms with van der Waals surface area (Å²) >= 11 is 0. The molecule has 3 nitrogen and oxygen atoms in total. The van der Waals surface area contributed by atoms with Gasteiger partial charge < -0.3 is 14.6 Å². The largest absolute Gasteiger partial charge is 0.491 e. The van der Waals surface area contributed by atoms with Crippen LogP contribution in [0.3, 0.4) is 0 Å². The predicted octanol–water partition coefficient (Wildman–Crippen LogP) is 4.77. The second-order valence-corrected chi connectivity index (χ2v) is 6.90. The van der Waals surface area contributed by atoms with Gasteiger partial charge in [-0.05, 0) is 79.0 Å². The van der Waals surface area contributed by atoms with Crippen LogP contribution in [0.1, 0.15) is 50.2 Å². The molecular weight excluding hydrogens is 312 g/mol. The minimum absolute atomic E-state index is 0.0716. The van der Waals surface area contributed by atoms with Crippen LogP contribution < -0.4 is 0 Å².